The predicted octanol–water partition coefficient (Wildman–Crippen LogP) is 3.45. The first-order chi connectivity index (χ1) is 10.2. The summed E-state index contributed by atoms with van der Waals surface area (Å²) in [5.41, 5.74) is 0.131. The van der Waals surface area contributed by atoms with Crippen molar-refractivity contribution < 1.29 is 9.18 Å². The van der Waals surface area contributed by atoms with E-state index in [2.05, 4.69) is 17.2 Å². The molecular weight excluding hydrogens is 269 g/mol. The molecule has 1 aromatic rings. The molecule has 1 amide bonds. The molecule has 1 N–H and O–H groups in total. The Morgan fingerprint density at radius 1 is 1.43 bits per heavy atom. The molecule has 0 aromatic carbocycles. The highest BCUT2D eigenvalue weighted by molar-refractivity contribution is 5.95. The summed E-state index contributed by atoms with van der Waals surface area (Å²) in [4.78, 5) is 18.4. The smallest absolute Gasteiger partial charge is 0.257 e. The molecule has 1 aromatic heterocycles. The molecule has 1 fully saturated rings. The van der Waals surface area contributed by atoms with E-state index in [-0.39, 0.29) is 17.3 Å². The van der Waals surface area contributed by atoms with E-state index in [0.717, 1.165) is 32.1 Å². The van der Waals surface area contributed by atoms with E-state index in [1.807, 2.05) is 11.8 Å². The number of carbonyl (C=O) groups excluding carboxylic acids is 1. The molecular formula is C16H24FN3O. The number of nitrogens with zero attached hydrogens (tertiary/aromatic N) is 2. The van der Waals surface area contributed by atoms with Crippen LogP contribution in [0.15, 0.2) is 12.3 Å². The Morgan fingerprint density at radius 2 is 2.19 bits per heavy atom. The average Bonchev–Trinajstić information content (AvgIpc) is 3.31. The summed E-state index contributed by atoms with van der Waals surface area (Å²) in [6.07, 6.45) is 6.42. The van der Waals surface area contributed by atoms with Gasteiger partial charge in [-0.25, -0.2) is 9.37 Å². The van der Waals surface area contributed by atoms with Gasteiger partial charge in [-0.05, 0) is 31.7 Å². The van der Waals surface area contributed by atoms with E-state index < -0.39 is 5.82 Å². The molecule has 0 saturated heterocycles. The van der Waals surface area contributed by atoms with Crippen LogP contribution >= 0.6 is 0 Å². The zero-order valence-electron chi connectivity index (χ0n) is 12.9. The summed E-state index contributed by atoms with van der Waals surface area (Å²) in [7, 11) is 0. The minimum atomic E-state index is -0.530. The van der Waals surface area contributed by atoms with Gasteiger partial charge in [0.2, 0.25) is 0 Å². The van der Waals surface area contributed by atoms with Gasteiger partial charge >= 0.3 is 0 Å². The highest BCUT2D eigenvalue weighted by atomic mass is 19.1. The second-order valence-corrected chi connectivity index (χ2v) is 5.53. The van der Waals surface area contributed by atoms with Crippen LogP contribution in [0.5, 0.6) is 0 Å². The molecule has 1 aliphatic carbocycles. The summed E-state index contributed by atoms with van der Waals surface area (Å²) in [5, 5.41) is 2.93. The van der Waals surface area contributed by atoms with Gasteiger partial charge in [-0.2, -0.15) is 0 Å². The maximum absolute atomic E-state index is 14.4. The number of pyridine rings is 1. The molecule has 2 rings (SSSR count). The maximum atomic E-state index is 14.4. The van der Waals surface area contributed by atoms with Crippen molar-refractivity contribution in [2.24, 2.45) is 0 Å². The van der Waals surface area contributed by atoms with E-state index in [4.69, 9.17) is 0 Å². The average molecular weight is 293 g/mol. The Balaban J connectivity index is 2.16. The Kier molecular flexibility index (Phi) is 5.53. The zero-order chi connectivity index (χ0) is 15.2. The Hall–Kier alpha value is -1.65. The Bertz CT molecular complexity index is 488. The van der Waals surface area contributed by atoms with Crippen molar-refractivity contribution >= 4 is 11.7 Å². The van der Waals surface area contributed by atoms with Gasteiger partial charge < -0.3 is 10.2 Å². The van der Waals surface area contributed by atoms with E-state index in [1.165, 1.54) is 12.3 Å². The molecule has 0 bridgehead atoms. The molecule has 1 aliphatic rings. The lowest BCUT2D eigenvalue weighted by Gasteiger charge is -2.22. The quantitative estimate of drug-likeness (QED) is 0.798. The molecule has 21 heavy (non-hydrogen) atoms. The fraction of sp³-hybridized carbons (Fsp3) is 0.625. The molecule has 0 unspecified atom stereocenters. The minimum absolute atomic E-state index is 0.131. The number of anilines is 1. The van der Waals surface area contributed by atoms with Crippen LogP contribution in [0.3, 0.4) is 0 Å². The number of nitrogens with one attached hydrogen (secondary N) is 1. The molecule has 5 heteroatoms. The van der Waals surface area contributed by atoms with Crippen molar-refractivity contribution in [1.29, 1.82) is 0 Å². The third-order valence-corrected chi connectivity index (χ3v) is 3.66. The lowest BCUT2D eigenvalue weighted by atomic mass is 10.2. The molecule has 0 spiro atoms. The highest BCUT2D eigenvalue weighted by Gasteiger charge is 2.33. The number of hydrogen-bond donors (Lipinski definition) is 1. The van der Waals surface area contributed by atoms with Crippen molar-refractivity contribution in [3.63, 3.8) is 0 Å². The van der Waals surface area contributed by atoms with Gasteiger partial charge in [-0.1, -0.05) is 20.3 Å². The van der Waals surface area contributed by atoms with E-state index in [0.29, 0.717) is 19.1 Å². The molecule has 0 aliphatic heterocycles. The van der Waals surface area contributed by atoms with E-state index in [1.54, 1.807) is 0 Å². The van der Waals surface area contributed by atoms with Crippen molar-refractivity contribution in [2.45, 2.75) is 52.0 Å². The number of unbranched alkanes of at least 4 members (excludes halogenated alkanes) is 1. The third kappa shape index (κ3) is 3.93. The lowest BCUT2D eigenvalue weighted by molar-refractivity contribution is 0.0736. The van der Waals surface area contributed by atoms with Crippen LogP contribution in [0.4, 0.5) is 10.2 Å². The third-order valence-electron chi connectivity index (χ3n) is 3.66. The molecule has 0 radical (unpaired) electrons. The summed E-state index contributed by atoms with van der Waals surface area (Å²) >= 11 is 0. The first kappa shape index (κ1) is 15.7. The van der Waals surface area contributed by atoms with Crippen molar-refractivity contribution in [3.8, 4) is 0 Å². The number of halogens is 1. The maximum Gasteiger partial charge on any atom is 0.257 e. The van der Waals surface area contributed by atoms with Gasteiger partial charge in [-0.15, -0.1) is 0 Å². The van der Waals surface area contributed by atoms with Gasteiger partial charge in [0, 0.05) is 25.3 Å². The normalized spacial score (nSPS) is 14.0. The fourth-order valence-corrected chi connectivity index (χ4v) is 2.29. The van der Waals surface area contributed by atoms with Crippen LogP contribution in [-0.2, 0) is 0 Å². The second kappa shape index (κ2) is 7.38. The number of carbonyl (C=O) groups is 1. The topological polar surface area (TPSA) is 45.2 Å². The second-order valence-electron chi connectivity index (χ2n) is 5.53. The standard InChI is InChI=1S/C16H24FN3O/c1-3-5-11-20(12-6-7-12)16(21)13-8-10-19-15(14(13)17)18-9-4-2/h8,10,12H,3-7,9,11H2,1-2H3,(H,18,19). The monoisotopic (exact) mass is 293 g/mol. The van der Waals surface area contributed by atoms with Crippen LogP contribution in [0, 0.1) is 5.82 Å². The first-order valence-electron chi connectivity index (χ1n) is 7.88. The zero-order valence-corrected chi connectivity index (χ0v) is 12.9. The Labute approximate surface area is 125 Å². The highest BCUT2D eigenvalue weighted by Crippen LogP contribution is 2.29. The molecule has 1 heterocycles. The molecule has 1 saturated carbocycles. The van der Waals surface area contributed by atoms with E-state index in [9.17, 15) is 9.18 Å². The van der Waals surface area contributed by atoms with Gasteiger partial charge in [0.25, 0.3) is 5.91 Å². The van der Waals surface area contributed by atoms with Crippen LogP contribution < -0.4 is 5.32 Å². The fourth-order valence-electron chi connectivity index (χ4n) is 2.29. The summed E-state index contributed by atoms with van der Waals surface area (Å²) in [5.74, 6) is -0.558. The number of hydrogen-bond acceptors (Lipinski definition) is 3. The summed E-state index contributed by atoms with van der Waals surface area (Å²) in [6.45, 7) is 5.44. The van der Waals surface area contributed by atoms with Gasteiger partial charge in [0.05, 0.1) is 5.56 Å². The Morgan fingerprint density at radius 3 is 2.81 bits per heavy atom. The van der Waals surface area contributed by atoms with Crippen LogP contribution in [0.2, 0.25) is 0 Å². The predicted molar refractivity (Wildman–Crippen MR) is 81.9 cm³/mol. The van der Waals surface area contributed by atoms with Crippen molar-refractivity contribution in [3.05, 3.63) is 23.6 Å². The molecule has 116 valence electrons. The lowest BCUT2D eigenvalue weighted by Crippen LogP contribution is -2.34. The van der Waals surface area contributed by atoms with Gasteiger partial charge in [-0.3, -0.25) is 4.79 Å². The first-order valence-corrected chi connectivity index (χ1v) is 7.88. The number of amides is 1. The van der Waals surface area contributed by atoms with E-state index >= 15 is 0 Å². The van der Waals surface area contributed by atoms with Crippen LogP contribution in [0.25, 0.3) is 0 Å². The summed E-state index contributed by atoms with van der Waals surface area (Å²) in [6, 6.07) is 1.78. The van der Waals surface area contributed by atoms with Gasteiger partial charge in [0.1, 0.15) is 0 Å². The van der Waals surface area contributed by atoms with Crippen LogP contribution in [0.1, 0.15) is 56.3 Å². The number of aromatic nitrogens is 1. The minimum Gasteiger partial charge on any atom is -0.368 e. The van der Waals surface area contributed by atoms with Gasteiger partial charge in [0.15, 0.2) is 11.6 Å². The SMILES string of the molecule is CCCCN(C(=O)c1ccnc(NCCC)c1F)C1CC1. The van der Waals surface area contributed by atoms with Crippen molar-refractivity contribution in [1.82, 2.24) is 9.88 Å². The summed E-state index contributed by atoms with van der Waals surface area (Å²) < 4.78 is 14.4. The van der Waals surface area contributed by atoms with Crippen LogP contribution in [-0.4, -0.2) is 34.9 Å². The number of rotatable bonds is 8. The van der Waals surface area contributed by atoms with Crippen molar-refractivity contribution in [2.75, 3.05) is 18.4 Å². The molecule has 0 atom stereocenters. The largest absolute Gasteiger partial charge is 0.368 e. The molecule has 4 nitrogen and oxygen atoms in total.